The maximum Gasteiger partial charge on any atom is 0.132 e. The highest BCUT2D eigenvalue weighted by atomic mass is 16.3. The first-order chi connectivity index (χ1) is 8.28. The number of aromatic nitrogens is 2. The van der Waals surface area contributed by atoms with E-state index in [1.165, 1.54) is 0 Å². The van der Waals surface area contributed by atoms with Gasteiger partial charge in [-0.25, -0.2) is 9.97 Å². The number of nitrogens with two attached hydrogens (primary N) is 1. The van der Waals surface area contributed by atoms with Gasteiger partial charge in [-0.3, -0.25) is 0 Å². The van der Waals surface area contributed by atoms with Crippen molar-refractivity contribution < 1.29 is 4.42 Å². The summed E-state index contributed by atoms with van der Waals surface area (Å²) in [5, 5.41) is 3.21. The van der Waals surface area contributed by atoms with E-state index >= 15 is 0 Å². The van der Waals surface area contributed by atoms with Crippen LogP contribution in [0.3, 0.4) is 0 Å². The Morgan fingerprint density at radius 1 is 1.41 bits per heavy atom. The molecule has 5 nitrogen and oxygen atoms in total. The van der Waals surface area contributed by atoms with Gasteiger partial charge in [0.25, 0.3) is 0 Å². The van der Waals surface area contributed by atoms with Crippen LogP contribution in [0.4, 0.5) is 11.6 Å². The highest BCUT2D eigenvalue weighted by Gasteiger charge is 2.01. The molecule has 17 heavy (non-hydrogen) atoms. The molecule has 5 heteroatoms. The Labute approximate surface area is 100 Å². The first kappa shape index (κ1) is 11.4. The van der Waals surface area contributed by atoms with Gasteiger partial charge in [0.1, 0.15) is 23.2 Å². The van der Waals surface area contributed by atoms with Crippen LogP contribution in [0, 0.1) is 0 Å². The fourth-order valence-electron chi connectivity index (χ4n) is 1.53. The fraction of sp³-hybridized carbons (Fsp3) is 0.333. The smallest absolute Gasteiger partial charge is 0.132 e. The standard InChI is InChI=1S/C12H16N4O/c1-2-11-15-10(13)8-12(16-11)14-6-5-9-4-3-7-17-9/h3-4,7-8H,2,5-6H2,1H3,(H3,13,14,15,16). The third kappa shape index (κ3) is 3.21. The van der Waals surface area contributed by atoms with Gasteiger partial charge in [-0.15, -0.1) is 0 Å². The van der Waals surface area contributed by atoms with Gasteiger partial charge in [-0.1, -0.05) is 6.92 Å². The van der Waals surface area contributed by atoms with Crippen molar-refractivity contribution in [2.24, 2.45) is 0 Å². The van der Waals surface area contributed by atoms with E-state index in [2.05, 4.69) is 15.3 Å². The number of nitrogens with one attached hydrogen (secondary N) is 1. The van der Waals surface area contributed by atoms with E-state index in [-0.39, 0.29) is 0 Å². The second-order valence-corrected chi connectivity index (χ2v) is 3.70. The molecule has 0 aliphatic rings. The maximum absolute atomic E-state index is 5.69. The number of aryl methyl sites for hydroxylation is 1. The van der Waals surface area contributed by atoms with Crippen LogP contribution in [0.15, 0.2) is 28.9 Å². The summed E-state index contributed by atoms with van der Waals surface area (Å²) < 4.78 is 5.24. The number of nitrogens with zero attached hydrogens (tertiary/aromatic N) is 2. The molecule has 0 atom stereocenters. The first-order valence-electron chi connectivity index (χ1n) is 5.67. The van der Waals surface area contributed by atoms with E-state index in [9.17, 15) is 0 Å². The van der Waals surface area contributed by atoms with E-state index in [4.69, 9.17) is 10.2 Å². The van der Waals surface area contributed by atoms with Crippen molar-refractivity contribution in [3.63, 3.8) is 0 Å². The molecule has 0 bridgehead atoms. The SMILES string of the molecule is CCc1nc(N)cc(NCCc2ccco2)n1. The normalized spacial score (nSPS) is 10.4. The summed E-state index contributed by atoms with van der Waals surface area (Å²) in [7, 11) is 0. The van der Waals surface area contributed by atoms with Crippen LogP contribution in [-0.2, 0) is 12.8 Å². The molecule has 0 aliphatic heterocycles. The lowest BCUT2D eigenvalue weighted by Gasteiger charge is -2.06. The summed E-state index contributed by atoms with van der Waals surface area (Å²) in [5.41, 5.74) is 5.69. The summed E-state index contributed by atoms with van der Waals surface area (Å²) >= 11 is 0. The molecule has 0 radical (unpaired) electrons. The maximum atomic E-state index is 5.69. The molecule has 2 rings (SSSR count). The van der Waals surface area contributed by atoms with Crippen LogP contribution < -0.4 is 11.1 Å². The Kier molecular flexibility index (Phi) is 3.59. The van der Waals surface area contributed by atoms with E-state index in [1.54, 1.807) is 12.3 Å². The highest BCUT2D eigenvalue weighted by Crippen LogP contribution is 2.09. The molecule has 0 unspecified atom stereocenters. The van der Waals surface area contributed by atoms with E-state index in [0.717, 1.165) is 36.8 Å². The van der Waals surface area contributed by atoms with Crippen molar-refractivity contribution in [3.8, 4) is 0 Å². The van der Waals surface area contributed by atoms with E-state index < -0.39 is 0 Å². The zero-order valence-electron chi connectivity index (χ0n) is 9.81. The van der Waals surface area contributed by atoms with Crippen molar-refractivity contribution >= 4 is 11.6 Å². The van der Waals surface area contributed by atoms with Gasteiger partial charge in [0.05, 0.1) is 6.26 Å². The summed E-state index contributed by atoms with van der Waals surface area (Å²) in [6, 6.07) is 5.57. The predicted octanol–water partition coefficient (Wildman–Crippen LogP) is 1.87. The molecule has 0 fully saturated rings. The van der Waals surface area contributed by atoms with Gasteiger partial charge in [0.15, 0.2) is 0 Å². The fourth-order valence-corrected chi connectivity index (χ4v) is 1.53. The summed E-state index contributed by atoms with van der Waals surface area (Å²) in [4.78, 5) is 8.46. The van der Waals surface area contributed by atoms with E-state index in [1.807, 2.05) is 19.1 Å². The van der Waals surface area contributed by atoms with Crippen LogP contribution in [-0.4, -0.2) is 16.5 Å². The second-order valence-electron chi connectivity index (χ2n) is 3.70. The second kappa shape index (κ2) is 5.34. The molecule has 2 aromatic heterocycles. The predicted molar refractivity (Wildman–Crippen MR) is 66.7 cm³/mol. The minimum atomic E-state index is 0.498. The molecule has 90 valence electrons. The molecule has 0 amide bonds. The van der Waals surface area contributed by atoms with Gasteiger partial charge in [-0.2, -0.15) is 0 Å². The minimum absolute atomic E-state index is 0.498. The molecule has 0 saturated carbocycles. The molecule has 2 aromatic rings. The van der Waals surface area contributed by atoms with Crippen molar-refractivity contribution in [3.05, 3.63) is 36.0 Å². The Bertz CT molecular complexity index is 467. The quantitative estimate of drug-likeness (QED) is 0.822. The van der Waals surface area contributed by atoms with Gasteiger partial charge in [0, 0.05) is 25.5 Å². The zero-order valence-corrected chi connectivity index (χ0v) is 9.81. The summed E-state index contributed by atoms with van der Waals surface area (Å²) in [6.07, 6.45) is 3.27. The molecule has 2 heterocycles. The lowest BCUT2D eigenvalue weighted by molar-refractivity contribution is 0.513. The number of furan rings is 1. The Morgan fingerprint density at radius 2 is 2.29 bits per heavy atom. The minimum Gasteiger partial charge on any atom is -0.469 e. The van der Waals surface area contributed by atoms with Gasteiger partial charge >= 0.3 is 0 Å². The summed E-state index contributed by atoms with van der Waals surface area (Å²) in [5.74, 6) is 2.97. The zero-order chi connectivity index (χ0) is 12.1. The Morgan fingerprint density at radius 3 is 3.00 bits per heavy atom. The lowest BCUT2D eigenvalue weighted by Crippen LogP contribution is -2.08. The third-order valence-electron chi connectivity index (χ3n) is 2.37. The molecule has 0 spiro atoms. The van der Waals surface area contributed by atoms with Crippen molar-refractivity contribution in [1.29, 1.82) is 0 Å². The lowest BCUT2D eigenvalue weighted by atomic mass is 10.3. The molecule has 0 aromatic carbocycles. The Balaban J connectivity index is 1.92. The van der Waals surface area contributed by atoms with Crippen LogP contribution >= 0.6 is 0 Å². The average molecular weight is 232 g/mol. The third-order valence-corrected chi connectivity index (χ3v) is 2.37. The largest absolute Gasteiger partial charge is 0.469 e. The monoisotopic (exact) mass is 232 g/mol. The average Bonchev–Trinajstić information content (AvgIpc) is 2.81. The molecule has 0 saturated heterocycles. The number of anilines is 2. The topological polar surface area (TPSA) is 77.0 Å². The molecular formula is C12H16N4O. The van der Waals surface area contributed by atoms with Crippen LogP contribution in [0.1, 0.15) is 18.5 Å². The van der Waals surface area contributed by atoms with Crippen LogP contribution in [0.5, 0.6) is 0 Å². The number of rotatable bonds is 5. The summed E-state index contributed by atoms with van der Waals surface area (Å²) in [6.45, 7) is 2.76. The van der Waals surface area contributed by atoms with Crippen LogP contribution in [0.25, 0.3) is 0 Å². The number of nitrogen functional groups attached to an aromatic ring is 1. The molecule has 0 aliphatic carbocycles. The van der Waals surface area contributed by atoms with Gasteiger partial charge < -0.3 is 15.5 Å². The van der Waals surface area contributed by atoms with Gasteiger partial charge in [0.2, 0.25) is 0 Å². The number of hydrogen-bond donors (Lipinski definition) is 2. The molecular weight excluding hydrogens is 216 g/mol. The van der Waals surface area contributed by atoms with E-state index in [0.29, 0.717) is 5.82 Å². The molecule has 3 N–H and O–H groups in total. The van der Waals surface area contributed by atoms with Crippen LogP contribution in [0.2, 0.25) is 0 Å². The Hall–Kier alpha value is -2.04. The van der Waals surface area contributed by atoms with Crippen molar-refractivity contribution in [2.45, 2.75) is 19.8 Å². The highest BCUT2D eigenvalue weighted by molar-refractivity contribution is 5.44. The van der Waals surface area contributed by atoms with Gasteiger partial charge in [-0.05, 0) is 12.1 Å². The number of hydrogen-bond acceptors (Lipinski definition) is 5. The van der Waals surface area contributed by atoms with Crippen molar-refractivity contribution in [2.75, 3.05) is 17.6 Å². The van der Waals surface area contributed by atoms with Crippen molar-refractivity contribution in [1.82, 2.24) is 9.97 Å². The first-order valence-corrected chi connectivity index (χ1v) is 5.67.